The molecule has 150 valence electrons. The van der Waals surface area contributed by atoms with Gasteiger partial charge >= 0.3 is 0 Å². The monoisotopic (exact) mass is 439 g/mol. The van der Waals surface area contributed by atoms with Crippen molar-refractivity contribution in [3.05, 3.63) is 45.7 Å². The second-order valence-corrected chi connectivity index (χ2v) is 8.26. The molecule has 0 bridgehead atoms. The van der Waals surface area contributed by atoms with Gasteiger partial charge in [0.15, 0.2) is 5.16 Å². The van der Waals surface area contributed by atoms with Gasteiger partial charge in [0.25, 0.3) is 5.91 Å². The van der Waals surface area contributed by atoms with Gasteiger partial charge in [-0.15, -0.1) is 0 Å². The molecule has 5 nitrogen and oxygen atoms in total. The van der Waals surface area contributed by atoms with Gasteiger partial charge in [0.1, 0.15) is 15.9 Å². The molecule has 1 amide bonds. The number of halogens is 2. The maximum absolute atomic E-state index is 13.1. The predicted molar refractivity (Wildman–Crippen MR) is 115 cm³/mol. The summed E-state index contributed by atoms with van der Waals surface area (Å²) >= 11 is 13.7. The average molecular weight is 440 g/mol. The highest BCUT2D eigenvalue weighted by atomic mass is 35.5. The lowest BCUT2D eigenvalue weighted by Gasteiger charge is -2.25. The zero-order chi connectivity index (χ0) is 20.1. The van der Waals surface area contributed by atoms with E-state index in [1.165, 1.54) is 54.3 Å². The zero-order valence-corrected chi connectivity index (χ0v) is 18.0. The highest BCUT2D eigenvalue weighted by Crippen LogP contribution is 2.34. The lowest BCUT2D eigenvalue weighted by molar-refractivity contribution is 0.0980. The largest absolute Gasteiger partial charge is 0.395 e. The lowest BCUT2D eigenvalue weighted by Crippen LogP contribution is -2.34. The Morgan fingerprint density at radius 2 is 1.75 bits per heavy atom. The molecular formula is C20H23Cl2N3O2S. The number of carbonyl (C=O) groups excluding carboxylic acids is 1. The quantitative estimate of drug-likeness (QED) is 0.380. The minimum atomic E-state index is -0.429. The number of benzene rings is 1. The molecule has 0 saturated heterocycles. The molecule has 28 heavy (non-hydrogen) atoms. The molecule has 0 aliphatic heterocycles. The molecule has 0 spiro atoms. The third kappa shape index (κ3) is 4.79. The Labute approximate surface area is 179 Å². The van der Waals surface area contributed by atoms with Crippen molar-refractivity contribution >= 4 is 46.6 Å². The van der Waals surface area contributed by atoms with Crippen LogP contribution in [0.5, 0.6) is 0 Å². The van der Waals surface area contributed by atoms with Gasteiger partial charge in [0.05, 0.1) is 6.61 Å². The van der Waals surface area contributed by atoms with Gasteiger partial charge in [-0.05, 0) is 42.7 Å². The van der Waals surface area contributed by atoms with E-state index in [0.717, 1.165) is 0 Å². The number of anilines is 1. The van der Waals surface area contributed by atoms with Crippen LogP contribution in [0.2, 0.25) is 10.3 Å². The second kappa shape index (κ2) is 9.92. The molecule has 1 aliphatic rings. The summed E-state index contributed by atoms with van der Waals surface area (Å²) in [5, 5.41) is 9.90. The first-order valence-electron chi connectivity index (χ1n) is 9.35. The number of nitrogens with zero attached hydrogens (tertiary/aromatic N) is 3. The first kappa shape index (κ1) is 21.4. The van der Waals surface area contributed by atoms with E-state index < -0.39 is 5.91 Å². The molecular weight excluding hydrogens is 417 g/mol. The van der Waals surface area contributed by atoms with E-state index in [4.69, 9.17) is 23.2 Å². The molecule has 1 N–H and O–H groups in total. The normalized spacial score (nSPS) is 14.9. The van der Waals surface area contributed by atoms with Gasteiger partial charge in [-0.3, -0.25) is 4.79 Å². The van der Waals surface area contributed by atoms with Gasteiger partial charge in [0, 0.05) is 12.2 Å². The fourth-order valence-electron chi connectivity index (χ4n) is 3.60. The number of aliphatic hydroxyl groups is 1. The number of aliphatic hydroxyl groups excluding tert-OH is 1. The van der Waals surface area contributed by atoms with E-state index >= 15 is 0 Å². The maximum atomic E-state index is 13.1. The van der Waals surface area contributed by atoms with Crippen LogP contribution in [0.3, 0.4) is 0 Å². The Morgan fingerprint density at radius 1 is 1.14 bits per heavy atom. The second-order valence-electron chi connectivity index (χ2n) is 6.77. The molecule has 1 aliphatic carbocycles. The number of carbonyl (C=O) groups is 1. The average Bonchev–Trinajstić information content (AvgIpc) is 2.72. The van der Waals surface area contributed by atoms with Gasteiger partial charge < -0.3 is 10.0 Å². The Balaban J connectivity index is 1.88. The van der Waals surface area contributed by atoms with Gasteiger partial charge in [-0.25, -0.2) is 9.97 Å². The summed E-state index contributed by atoms with van der Waals surface area (Å²) < 4.78 is 0. The van der Waals surface area contributed by atoms with Crippen molar-refractivity contribution in [3.63, 3.8) is 0 Å². The molecule has 1 heterocycles. The van der Waals surface area contributed by atoms with E-state index in [2.05, 4.69) is 22.1 Å². The molecule has 0 atom stereocenters. The fraction of sp³-hybridized carbons (Fsp3) is 0.450. The van der Waals surface area contributed by atoms with E-state index in [1.54, 1.807) is 6.26 Å². The Kier molecular flexibility index (Phi) is 7.57. The molecule has 8 heteroatoms. The van der Waals surface area contributed by atoms with Crippen molar-refractivity contribution < 1.29 is 9.90 Å². The van der Waals surface area contributed by atoms with Crippen LogP contribution in [0, 0.1) is 0 Å². The van der Waals surface area contributed by atoms with Crippen LogP contribution in [0.4, 0.5) is 5.69 Å². The fourth-order valence-corrected chi connectivity index (χ4v) is 4.62. The summed E-state index contributed by atoms with van der Waals surface area (Å²) in [5.41, 5.74) is 2.02. The van der Waals surface area contributed by atoms with Crippen molar-refractivity contribution in [2.45, 2.75) is 43.2 Å². The van der Waals surface area contributed by atoms with E-state index in [-0.39, 0.29) is 29.0 Å². The number of rotatable bonds is 6. The van der Waals surface area contributed by atoms with Crippen LogP contribution in [-0.4, -0.2) is 40.4 Å². The molecule has 1 aromatic carbocycles. The zero-order valence-electron chi connectivity index (χ0n) is 15.7. The van der Waals surface area contributed by atoms with E-state index in [1.807, 2.05) is 12.1 Å². The third-order valence-electron chi connectivity index (χ3n) is 5.05. The number of aromatic nitrogens is 2. The van der Waals surface area contributed by atoms with Crippen LogP contribution in [0.15, 0.2) is 29.4 Å². The summed E-state index contributed by atoms with van der Waals surface area (Å²) in [7, 11) is 0. The van der Waals surface area contributed by atoms with Crippen LogP contribution in [-0.2, 0) is 0 Å². The summed E-state index contributed by atoms with van der Waals surface area (Å²) in [6, 6.07) is 7.96. The van der Waals surface area contributed by atoms with Crippen LogP contribution in [0.25, 0.3) is 0 Å². The Hall–Kier alpha value is -1.34. The van der Waals surface area contributed by atoms with E-state index in [0.29, 0.717) is 16.8 Å². The smallest absolute Gasteiger partial charge is 0.264 e. The maximum Gasteiger partial charge on any atom is 0.264 e. The van der Waals surface area contributed by atoms with Crippen LogP contribution in [0.1, 0.15) is 53.9 Å². The number of thioether (sulfide) groups is 1. The minimum absolute atomic E-state index is 0.0103. The van der Waals surface area contributed by atoms with Crippen molar-refractivity contribution in [1.82, 2.24) is 9.97 Å². The van der Waals surface area contributed by atoms with Crippen LogP contribution < -0.4 is 4.90 Å². The summed E-state index contributed by atoms with van der Waals surface area (Å²) in [5.74, 6) is 0.156. The van der Waals surface area contributed by atoms with Crippen molar-refractivity contribution in [3.8, 4) is 0 Å². The molecule has 3 rings (SSSR count). The number of amides is 1. The summed E-state index contributed by atoms with van der Waals surface area (Å²) in [4.78, 5) is 22.8. The first-order valence-corrected chi connectivity index (χ1v) is 11.3. The number of hydrogen-bond acceptors (Lipinski definition) is 5. The SMILES string of the molecule is CSc1nc(Cl)c(C(=O)N(CCO)c2ccc(C3CCCCC3)cc2)c(Cl)n1. The molecule has 0 unspecified atom stereocenters. The molecule has 1 fully saturated rings. The molecule has 1 aromatic heterocycles. The molecule has 1 saturated carbocycles. The van der Waals surface area contributed by atoms with Gasteiger partial charge in [-0.1, -0.05) is 66.4 Å². The highest BCUT2D eigenvalue weighted by Gasteiger charge is 2.25. The number of hydrogen-bond donors (Lipinski definition) is 1. The molecule has 0 radical (unpaired) electrons. The third-order valence-corrected chi connectivity index (χ3v) is 6.14. The highest BCUT2D eigenvalue weighted by molar-refractivity contribution is 7.98. The predicted octanol–water partition coefficient (Wildman–Crippen LogP) is 5.19. The van der Waals surface area contributed by atoms with Crippen molar-refractivity contribution in [1.29, 1.82) is 0 Å². The summed E-state index contributed by atoms with van der Waals surface area (Å²) in [6.45, 7) is -0.0619. The molecule has 2 aromatic rings. The first-order chi connectivity index (χ1) is 13.5. The van der Waals surface area contributed by atoms with Crippen LogP contribution >= 0.6 is 35.0 Å². The van der Waals surface area contributed by atoms with Crippen molar-refractivity contribution in [2.24, 2.45) is 0 Å². The Morgan fingerprint density at radius 3 is 2.29 bits per heavy atom. The summed E-state index contributed by atoms with van der Waals surface area (Å²) in [6.07, 6.45) is 8.07. The Bertz CT molecular complexity index is 804. The minimum Gasteiger partial charge on any atom is -0.395 e. The van der Waals surface area contributed by atoms with Crippen molar-refractivity contribution in [2.75, 3.05) is 24.3 Å². The standard InChI is InChI=1S/C20H23Cl2N3O2S/c1-28-20-23-17(21)16(18(22)24-20)19(27)25(11-12-26)15-9-7-14(8-10-15)13-5-3-2-4-6-13/h7-10,13,26H,2-6,11-12H2,1H3. The topological polar surface area (TPSA) is 66.3 Å². The van der Waals surface area contributed by atoms with E-state index in [9.17, 15) is 9.90 Å². The lowest BCUT2D eigenvalue weighted by atomic mass is 9.84. The van der Waals surface area contributed by atoms with Gasteiger partial charge in [-0.2, -0.15) is 0 Å². The van der Waals surface area contributed by atoms with Gasteiger partial charge in [0.2, 0.25) is 0 Å².